The second-order valence-electron chi connectivity index (χ2n) is 7.89. The first-order valence-electron chi connectivity index (χ1n) is 10.2. The van der Waals surface area contributed by atoms with Crippen LogP contribution >= 0.6 is 0 Å². The smallest absolute Gasteiger partial charge is 0.238 e. The van der Waals surface area contributed by atoms with Gasteiger partial charge in [0.2, 0.25) is 0 Å². The number of nitriles is 3. The van der Waals surface area contributed by atoms with E-state index < -0.39 is 0 Å². The highest BCUT2D eigenvalue weighted by atomic mass is 14.7. The lowest BCUT2D eigenvalue weighted by Gasteiger charge is -2.13. The zero-order valence-corrected chi connectivity index (χ0v) is 17.6. The van der Waals surface area contributed by atoms with Crippen LogP contribution in [0.2, 0.25) is 0 Å². The van der Waals surface area contributed by atoms with E-state index in [0.717, 1.165) is 22.3 Å². The number of benzene rings is 3. The van der Waals surface area contributed by atoms with Crippen molar-refractivity contribution in [3.8, 4) is 40.5 Å². The summed E-state index contributed by atoms with van der Waals surface area (Å²) in [7, 11) is 0. The van der Waals surface area contributed by atoms with Gasteiger partial charge >= 0.3 is 0 Å². The van der Waals surface area contributed by atoms with Crippen LogP contribution in [-0.2, 0) is 12.8 Å². The van der Waals surface area contributed by atoms with Crippen molar-refractivity contribution >= 4 is 17.1 Å². The SMILES string of the molecule is [C-]#[N+]/C(C#N)=c1/c2c(/c(=C(\C#N)[N+]#[C-])c3c1-c1cc([N+]#[C-])ccc1C3)-c1cc(C#N)ccc1C2. The lowest BCUT2D eigenvalue weighted by Crippen LogP contribution is -2.25. The predicted molar refractivity (Wildman–Crippen MR) is 124 cm³/mol. The van der Waals surface area contributed by atoms with Gasteiger partial charge in [-0.25, -0.2) is 25.1 Å². The Labute approximate surface area is 195 Å². The minimum atomic E-state index is -0.0752. The first-order chi connectivity index (χ1) is 16.6. The molecule has 0 spiro atoms. The summed E-state index contributed by atoms with van der Waals surface area (Å²) in [6.07, 6.45) is 0.810. The topological polar surface area (TPSA) is 84.4 Å². The van der Waals surface area contributed by atoms with E-state index in [1.54, 1.807) is 24.3 Å². The molecule has 2 aliphatic rings. The molecule has 34 heavy (non-hydrogen) atoms. The van der Waals surface area contributed by atoms with Crippen LogP contribution in [0.3, 0.4) is 0 Å². The Balaban J connectivity index is 2.12. The number of rotatable bonds is 0. The van der Waals surface area contributed by atoms with Crippen LogP contribution in [0.25, 0.3) is 48.2 Å². The second kappa shape index (κ2) is 7.49. The van der Waals surface area contributed by atoms with Gasteiger partial charge in [0.15, 0.2) is 5.69 Å². The number of hydrogen-bond acceptors (Lipinski definition) is 3. The van der Waals surface area contributed by atoms with Gasteiger partial charge in [-0.2, -0.15) is 5.26 Å². The molecule has 6 nitrogen and oxygen atoms in total. The molecule has 5 rings (SSSR count). The van der Waals surface area contributed by atoms with Gasteiger partial charge in [-0.15, -0.1) is 0 Å². The van der Waals surface area contributed by atoms with Crippen LogP contribution in [0.15, 0.2) is 36.4 Å². The van der Waals surface area contributed by atoms with E-state index in [9.17, 15) is 15.8 Å². The average Bonchev–Trinajstić information content (AvgIpc) is 3.43. The summed E-state index contributed by atoms with van der Waals surface area (Å²) < 4.78 is 0. The number of fused-ring (bicyclic) bond motifs is 6. The summed E-state index contributed by atoms with van der Waals surface area (Å²) >= 11 is 0. The third-order valence-electron chi connectivity index (χ3n) is 6.35. The molecule has 0 heterocycles. The van der Waals surface area contributed by atoms with Gasteiger partial charge in [0.25, 0.3) is 11.4 Å². The molecule has 0 atom stereocenters. The molecule has 0 radical (unpaired) electrons. The summed E-state index contributed by atoms with van der Waals surface area (Å²) in [6.45, 7) is 22.8. The second-order valence-corrected chi connectivity index (χ2v) is 7.89. The molecule has 3 aromatic rings. The van der Waals surface area contributed by atoms with Gasteiger partial charge in [-0.3, -0.25) is 0 Å². The highest BCUT2D eigenvalue weighted by Gasteiger charge is 2.32. The van der Waals surface area contributed by atoms with Gasteiger partial charge in [0, 0.05) is 10.4 Å². The maximum absolute atomic E-state index is 9.86. The summed E-state index contributed by atoms with van der Waals surface area (Å²) in [5.41, 5.74) is 6.70. The highest BCUT2D eigenvalue weighted by molar-refractivity contribution is 5.93. The van der Waals surface area contributed by atoms with E-state index in [1.807, 2.05) is 24.3 Å². The fourth-order valence-corrected chi connectivity index (χ4v) is 5.03. The van der Waals surface area contributed by atoms with Crippen LogP contribution in [-0.4, -0.2) is 0 Å². The first kappa shape index (κ1) is 20.3. The number of hydrogen-bond donors (Lipinski definition) is 0. The molecule has 0 aliphatic heterocycles. The standard InChI is InChI=1S/C28H10N6/c1-32-18-7-6-17-10-22-26(20(17)11-18)28(24(14-31)34-3)21-9-16-5-4-15(12-29)8-19(16)25(21)27(22)23(13-30)33-2/h4-8,11H,9-10H2/b27-23+,28-24-. The Morgan fingerprint density at radius 2 is 1.26 bits per heavy atom. The summed E-state index contributed by atoms with van der Waals surface area (Å²) in [5.74, 6) is 0. The predicted octanol–water partition coefficient (Wildman–Crippen LogP) is 4.35. The van der Waals surface area contributed by atoms with E-state index in [1.165, 1.54) is 0 Å². The molecule has 0 amide bonds. The Kier molecular flexibility index (Phi) is 4.46. The molecular formula is C28H10N6. The first-order valence-corrected chi connectivity index (χ1v) is 10.2. The largest absolute Gasteiger partial charge is 0.269 e. The van der Waals surface area contributed by atoms with E-state index >= 15 is 0 Å². The minimum Gasteiger partial charge on any atom is -0.238 e. The molecular weight excluding hydrogens is 420 g/mol. The lowest BCUT2D eigenvalue weighted by molar-refractivity contribution is 1.20. The van der Waals surface area contributed by atoms with Crippen molar-refractivity contribution in [1.29, 1.82) is 15.8 Å². The van der Waals surface area contributed by atoms with Crippen molar-refractivity contribution in [2.75, 3.05) is 0 Å². The molecule has 0 aromatic heterocycles. The molecule has 3 aromatic carbocycles. The molecule has 0 N–H and O–H groups in total. The van der Waals surface area contributed by atoms with Crippen LogP contribution in [0.1, 0.15) is 27.8 Å². The van der Waals surface area contributed by atoms with Gasteiger partial charge in [-0.1, -0.05) is 18.2 Å². The third kappa shape index (κ3) is 2.62. The molecule has 152 valence electrons. The van der Waals surface area contributed by atoms with E-state index in [2.05, 4.69) is 20.6 Å². The number of nitrogens with zero attached hydrogens (tertiary/aromatic N) is 6. The van der Waals surface area contributed by atoms with E-state index in [-0.39, 0.29) is 11.4 Å². The monoisotopic (exact) mass is 430 g/mol. The molecule has 0 saturated carbocycles. The average molecular weight is 430 g/mol. The molecule has 0 unspecified atom stereocenters. The van der Waals surface area contributed by atoms with Crippen LogP contribution < -0.4 is 10.4 Å². The van der Waals surface area contributed by atoms with Crippen molar-refractivity contribution in [3.05, 3.63) is 109 Å². The normalized spacial score (nSPS) is 13.2. The maximum Gasteiger partial charge on any atom is 0.269 e. The summed E-state index contributed by atoms with van der Waals surface area (Å²) in [6, 6.07) is 16.8. The molecule has 0 saturated heterocycles. The van der Waals surface area contributed by atoms with Crippen molar-refractivity contribution in [2.45, 2.75) is 12.8 Å². The highest BCUT2D eigenvalue weighted by Crippen LogP contribution is 2.41. The summed E-state index contributed by atoms with van der Waals surface area (Å²) in [5, 5.41) is 30.2. The van der Waals surface area contributed by atoms with Gasteiger partial charge in [0.05, 0.1) is 43.5 Å². The van der Waals surface area contributed by atoms with Crippen molar-refractivity contribution in [2.24, 2.45) is 0 Å². The quantitative estimate of drug-likeness (QED) is 0.342. The van der Waals surface area contributed by atoms with Crippen LogP contribution in [0.4, 0.5) is 5.69 Å². The zero-order chi connectivity index (χ0) is 24.0. The zero-order valence-electron chi connectivity index (χ0n) is 17.6. The van der Waals surface area contributed by atoms with Crippen molar-refractivity contribution in [3.63, 3.8) is 0 Å². The third-order valence-corrected chi connectivity index (χ3v) is 6.35. The van der Waals surface area contributed by atoms with Crippen LogP contribution in [0.5, 0.6) is 0 Å². The fourth-order valence-electron chi connectivity index (χ4n) is 5.03. The molecule has 0 bridgehead atoms. The maximum atomic E-state index is 9.86. The van der Waals surface area contributed by atoms with Crippen LogP contribution in [0, 0.1) is 53.7 Å². The molecule has 2 aliphatic carbocycles. The van der Waals surface area contributed by atoms with E-state index in [0.29, 0.717) is 56.8 Å². The Hall–Kier alpha value is -5.66. The molecule has 0 fully saturated rings. The van der Waals surface area contributed by atoms with Gasteiger partial charge in [-0.05, 0) is 75.5 Å². The lowest BCUT2D eigenvalue weighted by atomic mass is 9.90. The van der Waals surface area contributed by atoms with Crippen molar-refractivity contribution < 1.29 is 0 Å². The Morgan fingerprint density at radius 1 is 0.735 bits per heavy atom. The Bertz CT molecular complexity index is 1700. The molecule has 6 heteroatoms. The van der Waals surface area contributed by atoms with Gasteiger partial charge in [0.1, 0.15) is 0 Å². The van der Waals surface area contributed by atoms with E-state index in [4.69, 9.17) is 19.7 Å². The van der Waals surface area contributed by atoms with Gasteiger partial charge < -0.3 is 0 Å². The summed E-state index contributed by atoms with van der Waals surface area (Å²) in [4.78, 5) is 10.6. The fraction of sp³-hybridized carbons (Fsp3) is 0.0714. The van der Waals surface area contributed by atoms with Crippen molar-refractivity contribution in [1.82, 2.24) is 0 Å². The Morgan fingerprint density at radius 3 is 1.74 bits per heavy atom. The minimum absolute atomic E-state index is 0.0743.